The van der Waals surface area contributed by atoms with Crippen LogP contribution in [0.5, 0.6) is 0 Å². The largest absolute Gasteiger partial charge is 0.472 e. The van der Waals surface area contributed by atoms with Crippen LogP contribution in [0, 0.1) is 0 Å². The van der Waals surface area contributed by atoms with Gasteiger partial charge in [0, 0.05) is 12.8 Å². The highest BCUT2D eigenvalue weighted by atomic mass is 31.2. The highest BCUT2D eigenvalue weighted by molar-refractivity contribution is 7.47. The highest BCUT2D eigenvalue weighted by Gasteiger charge is 2.51. The summed E-state index contributed by atoms with van der Waals surface area (Å²) in [7, 11) is -5.13. The van der Waals surface area contributed by atoms with E-state index in [1.54, 1.807) is 0 Å². The third kappa shape index (κ3) is 29.3. The van der Waals surface area contributed by atoms with Crippen molar-refractivity contribution in [2.45, 2.75) is 198 Å². The van der Waals surface area contributed by atoms with Gasteiger partial charge in [0.1, 0.15) is 43.2 Å². The summed E-state index contributed by atoms with van der Waals surface area (Å²) in [4.78, 5) is 35.7. The fourth-order valence-electron chi connectivity index (χ4n) is 6.37. The number of aliphatic hydroxyl groups excluding tert-OH is 5. The van der Waals surface area contributed by atoms with Crippen molar-refractivity contribution >= 4 is 19.8 Å². The smallest absolute Gasteiger partial charge is 0.462 e. The van der Waals surface area contributed by atoms with Gasteiger partial charge in [-0.15, -0.1) is 0 Å². The first kappa shape index (κ1) is 56.3. The lowest BCUT2D eigenvalue weighted by Crippen LogP contribution is -2.64. The average molecular weight is 883 g/mol. The topological polar surface area (TPSA) is 210 Å². The molecule has 6 unspecified atom stereocenters. The van der Waals surface area contributed by atoms with Gasteiger partial charge >= 0.3 is 19.8 Å². The Morgan fingerprint density at radius 1 is 0.525 bits per heavy atom. The van der Waals surface area contributed by atoms with Gasteiger partial charge in [-0.05, 0) is 83.5 Å². The van der Waals surface area contributed by atoms with Crippen LogP contribution in [0.3, 0.4) is 0 Å². The Morgan fingerprint density at radius 3 is 1.46 bits per heavy atom. The number of hydrogen-bond donors (Lipinski definition) is 6. The Kier molecular flexibility index (Phi) is 33.9. The molecule has 350 valence electrons. The summed E-state index contributed by atoms with van der Waals surface area (Å²) >= 11 is 0. The van der Waals surface area contributed by atoms with Crippen LogP contribution in [0.4, 0.5) is 0 Å². The summed E-state index contributed by atoms with van der Waals surface area (Å²) < 4.78 is 33.5. The van der Waals surface area contributed by atoms with Crippen LogP contribution >= 0.6 is 7.82 Å². The predicted molar refractivity (Wildman–Crippen MR) is 239 cm³/mol. The molecule has 6 N–H and O–H groups in total. The summed E-state index contributed by atoms with van der Waals surface area (Å²) in [6.07, 6.45) is 32.4. The molecule has 0 bridgehead atoms. The number of allylic oxidation sites excluding steroid dienone is 12. The predicted octanol–water partition coefficient (Wildman–Crippen LogP) is 8.72. The SMILES string of the molecule is CC/C=C\C/C=C\C/C=C\C/C=C\C/C=C\CCCCCC(=O)OC(COC(=O)CCCCCCC/C=C\CCCCCC)COP(=O)(O)OC1C(O)C(O)C(O)C(O)C1O. The van der Waals surface area contributed by atoms with E-state index in [1.165, 1.54) is 25.7 Å². The van der Waals surface area contributed by atoms with E-state index in [0.29, 0.717) is 12.8 Å². The van der Waals surface area contributed by atoms with Crippen LogP contribution in [0.1, 0.15) is 155 Å². The van der Waals surface area contributed by atoms with Crippen LogP contribution in [0.25, 0.3) is 0 Å². The van der Waals surface area contributed by atoms with Gasteiger partial charge in [0.15, 0.2) is 6.10 Å². The molecule has 61 heavy (non-hydrogen) atoms. The van der Waals surface area contributed by atoms with Crippen LogP contribution in [-0.2, 0) is 32.7 Å². The average Bonchev–Trinajstić information content (AvgIpc) is 3.24. The number of phosphoric acid groups is 1. The van der Waals surface area contributed by atoms with Crippen LogP contribution < -0.4 is 0 Å². The minimum Gasteiger partial charge on any atom is -0.462 e. The molecule has 1 aliphatic carbocycles. The lowest BCUT2D eigenvalue weighted by molar-refractivity contribution is -0.220. The molecule has 0 spiro atoms. The molecule has 13 nitrogen and oxygen atoms in total. The van der Waals surface area contributed by atoms with E-state index in [9.17, 15) is 44.6 Å². The van der Waals surface area contributed by atoms with Crippen molar-refractivity contribution in [3.63, 3.8) is 0 Å². The lowest BCUT2D eigenvalue weighted by Gasteiger charge is -2.41. The molecule has 0 aromatic rings. The number of hydrogen-bond acceptors (Lipinski definition) is 12. The van der Waals surface area contributed by atoms with Crippen molar-refractivity contribution < 1.29 is 63.1 Å². The van der Waals surface area contributed by atoms with Gasteiger partial charge in [0.05, 0.1) is 6.61 Å². The summed E-state index contributed by atoms with van der Waals surface area (Å²) in [5.74, 6) is -1.15. The second-order valence-electron chi connectivity index (χ2n) is 15.5. The summed E-state index contributed by atoms with van der Waals surface area (Å²) in [5.41, 5.74) is 0. The second-order valence-corrected chi connectivity index (χ2v) is 16.9. The van der Waals surface area contributed by atoms with Gasteiger partial charge < -0.3 is 39.9 Å². The first-order valence-corrected chi connectivity index (χ1v) is 24.2. The molecule has 0 heterocycles. The minimum absolute atomic E-state index is 0.0523. The molecule has 1 fully saturated rings. The molecule has 1 aliphatic rings. The summed E-state index contributed by atoms with van der Waals surface area (Å²) in [5, 5.41) is 50.1. The van der Waals surface area contributed by atoms with Crippen molar-refractivity contribution in [1.29, 1.82) is 0 Å². The molecule has 0 radical (unpaired) electrons. The molecule has 0 aromatic heterocycles. The molecule has 6 atom stereocenters. The van der Waals surface area contributed by atoms with Crippen molar-refractivity contribution in [3.8, 4) is 0 Å². The van der Waals surface area contributed by atoms with E-state index in [4.69, 9.17) is 18.5 Å². The van der Waals surface area contributed by atoms with E-state index in [1.807, 2.05) is 0 Å². The monoisotopic (exact) mass is 883 g/mol. The number of ether oxygens (including phenoxy) is 2. The zero-order valence-corrected chi connectivity index (χ0v) is 37.8. The Hall–Kier alpha value is -2.71. The fourth-order valence-corrected chi connectivity index (χ4v) is 7.34. The first-order valence-electron chi connectivity index (χ1n) is 22.7. The van der Waals surface area contributed by atoms with Gasteiger partial charge in [0.25, 0.3) is 0 Å². The van der Waals surface area contributed by atoms with E-state index in [-0.39, 0.29) is 12.8 Å². The zero-order valence-electron chi connectivity index (χ0n) is 36.9. The van der Waals surface area contributed by atoms with Crippen LogP contribution in [0.15, 0.2) is 72.9 Å². The first-order chi connectivity index (χ1) is 29.4. The maximum Gasteiger partial charge on any atom is 0.472 e. The number of rotatable bonds is 36. The van der Waals surface area contributed by atoms with Crippen molar-refractivity contribution in [3.05, 3.63) is 72.9 Å². The number of aliphatic hydroxyl groups is 5. The molecule has 1 saturated carbocycles. The zero-order chi connectivity index (χ0) is 45.0. The Balaban J connectivity index is 2.51. The minimum atomic E-state index is -5.13. The van der Waals surface area contributed by atoms with Crippen molar-refractivity contribution in [2.75, 3.05) is 13.2 Å². The quantitative estimate of drug-likeness (QED) is 0.0151. The van der Waals surface area contributed by atoms with Gasteiger partial charge in [-0.1, -0.05) is 132 Å². The summed E-state index contributed by atoms with van der Waals surface area (Å²) in [6, 6.07) is 0. The molecule has 1 rings (SSSR count). The van der Waals surface area contributed by atoms with E-state index in [2.05, 4.69) is 86.8 Å². The number of phosphoric ester groups is 1. The highest BCUT2D eigenvalue weighted by Crippen LogP contribution is 2.47. The number of unbranched alkanes of at least 4 members (excludes halogenated alkanes) is 12. The van der Waals surface area contributed by atoms with Gasteiger partial charge in [-0.3, -0.25) is 18.6 Å². The van der Waals surface area contributed by atoms with Crippen molar-refractivity contribution in [2.24, 2.45) is 0 Å². The second kappa shape index (κ2) is 36.7. The Labute approximate surface area is 365 Å². The Bertz CT molecular complexity index is 1340. The van der Waals surface area contributed by atoms with E-state index >= 15 is 0 Å². The number of esters is 2. The molecular weight excluding hydrogens is 803 g/mol. The fraction of sp³-hybridized carbons (Fsp3) is 0.702. The molecular formula is C47H79O13P. The number of carbonyl (C=O) groups is 2. The molecule has 14 heteroatoms. The molecule has 0 aliphatic heterocycles. The standard InChI is InChI=1S/C47H79O13P/c1-3-5-7-9-11-13-15-17-18-19-20-21-22-24-26-28-30-32-34-36-41(49)59-39(38-58-61(55,56)60-47-45(53)43(51)42(50)44(52)46(47)54)37-57-40(48)35-33-31-29-27-25-23-16-14-12-10-8-6-4-2/h5,7,11,13-14,16-18,20-21,24,26,39,42-47,50-54H,3-4,6,8-10,12,15,19,22-23,25,27-38H2,1-2H3,(H,55,56)/b7-5-,13-11-,16-14-,18-17-,21-20-,26-24-. The lowest BCUT2D eigenvalue weighted by atomic mass is 9.85. The maximum absolute atomic E-state index is 12.8. The van der Waals surface area contributed by atoms with E-state index < -0.39 is 75.7 Å². The third-order valence-corrected chi connectivity index (χ3v) is 11.0. The van der Waals surface area contributed by atoms with Gasteiger partial charge in [0.2, 0.25) is 0 Å². The molecule has 0 aromatic carbocycles. The van der Waals surface area contributed by atoms with Crippen LogP contribution in [0.2, 0.25) is 0 Å². The number of carbonyl (C=O) groups excluding carboxylic acids is 2. The summed E-state index contributed by atoms with van der Waals surface area (Å²) in [6.45, 7) is 3.12. The van der Waals surface area contributed by atoms with Gasteiger partial charge in [-0.25, -0.2) is 4.57 Å². The molecule has 0 amide bonds. The van der Waals surface area contributed by atoms with Gasteiger partial charge in [-0.2, -0.15) is 0 Å². The Morgan fingerprint density at radius 2 is 0.934 bits per heavy atom. The normalized spacial score (nSPS) is 22.7. The molecule has 0 saturated heterocycles. The van der Waals surface area contributed by atoms with Crippen LogP contribution in [-0.4, -0.2) is 98.3 Å². The third-order valence-electron chi connectivity index (χ3n) is 10.0. The van der Waals surface area contributed by atoms with Crippen molar-refractivity contribution in [1.82, 2.24) is 0 Å². The van der Waals surface area contributed by atoms with E-state index in [0.717, 1.165) is 89.9 Å². The maximum atomic E-state index is 12.8.